The number of morpholine rings is 1. The Labute approximate surface area is 256 Å². The highest BCUT2D eigenvalue weighted by molar-refractivity contribution is 6.02. The number of fused-ring (bicyclic) bond motifs is 1. The standard InChI is InChI=1S/C37H46N4O2/c1-28-10-14-30(15-11-28)34(31-16-12-29(2)13-17-31)35-32-8-3-4-9-33(32)41(23-22-39-19-5-6-20-39)36(35)37(42)38-18-7-21-40-24-26-43-27-25-40/h3-4,8-17,34H,5-7,18-27H2,1-2H3,(H,38,42). The second-order valence-electron chi connectivity index (χ2n) is 12.3. The zero-order valence-electron chi connectivity index (χ0n) is 25.9. The Hall–Kier alpha value is -3.45. The molecule has 226 valence electrons. The molecular weight excluding hydrogens is 532 g/mol. The van der Waals surface area contributed by atoms with Crippen molar-refractivity contribution < 1.29 is 9.53 Å². The van der Waals surface area contributed by atoms with Crippen LogP contribution in [0.25, 0.3) is 10.9 Å². The molecule has 3 heterocycles. The minimum absolute atomic E-state index is 0.0267. The van der Waals surface area contributed by atoms with E-state index in [1.807, 2.05) is 0 Å². The number of carbonyl (C=O) groups excluding carboxylic acids is 1. The number of hydrogen-bond donors (Lipinski definition) is 1. The van der Waals surface area contributed by atoms with Gasteiger partial charge in [-0.25, -0.2) is 0 Å². The first kappa shape index (κ1) is 29.6. The lowest BCUT2D eigenvalue weighted by Gasteiger charge is -2.26. The topological polar surface area (TPSA) is 49.7 Å². The molecule has 0 unspecified atom stereocenters. The molecule has 0 radical (unpaired) electrons. The molecule has 6 heteroatoms. The number of carbonyl (C=O) groups is 1. The highest BCUT2D eigenvalue weighted by Gasteiger charge is 2.30. The van der Waals surface area contributed by atoms with E-state index >= 15 is 0 Å². The summed E-state index contributed by atoms with van der Waals surface area (Å²) in [5, 5.41) is 4.51. The fourth-order valence-corrected chi connectivity index (χ4v) is 6.80. The van der Waals surface area contributed by atoms with Crippen LogP contribution in [0.15, 0.2) is 72.8 Å². The highest BCUT2D eigenvalue weighted by atomic mass is 16.5. The van der Waals surface area contributed by atoms with Crippen LogP contribution in [-0.2, 0) is 11.3 Å². The third-order valence-corrected chi connectivity index (χ3v) is 9.21. The fraction of sp³-hybridized carbons (Fsp3) is 0.432. The van der Waals surface area contributed by atoms with Crippen molar-refractivity contribution in [3.63, 3.8) is 0 Å². The number of benzene rings is 3. The molecule has 0 spiro atoms. The maximum absolute atomic E-state index is 14.4. The molecule has 0 saturated carbocycles. The van der Waals surface area contributed by atoms with Crippen LogP contribution in [0.3, 0.4) is 0 Å². The van der Waals surface area contributed by atoms with E-state index in [9.17, 15) is 4.79 Å². The van der Waals surface area contributed by atoms with Gasteiger partial charge in [0.2, 0.25) is 0 Å². The van der Waals surface area contributed by atoms with Crippen LogP contribution in [0.5, 0.6) is 0 Å². The fourth-order valence-electron chi connectivity index (χ4n) is 6.80. The van der Waals surface area contributed by atoms with E-state index in [4.69, 9.17) is 4.74 Å². The van der Waals surface area contributed by atoms with Crippen LogP contribution in [0.2, 0.25) is 0 Å². The summed E-state index contributed by atoms with van der Waals surface area (Å²) in [7, 11) is 0. The van der Waals surface area contributed by atoms with Crippen molar-refractivity contribution in [2.75, 3.05) is 59.0 Å². The van der Waals surface area contributed by atoms with Gasteiger partial charge in [-0.3, -0.25) is 9.69 Å². The molecule has 0 aliphatic carbocycles. The van der Waals surface area contributed by atoms with Crippen molar-refractivity contribution in [2.45, 2.75) is 45.6 Å². The number of hydrogen-bond acceptors (Lipinski definition) is 4. The van der Waals surface area contributed by atoms with E-state index in [2.05, 4.69) is 106 Å². The Morgan fingerprint density at radius 1 is 0.767 bits per heavy atom. The third kappa shape index (κ3) is 6.87. The Morgan fingerprint density at radius 3 is 2.02 bits per heavy atom. The molecule has 1 amide bonds. The Morgan fingerprint density at radius 2 is 1.37 bits per heavy atom. The van der Waals surface area contributed by atoms with E-state index in [1.54, 1.807) is 0 Å². The quantitative estimate of drug-likeness (QED) is 0.222. The summed E-state index contributed by atoms with van der Waals surface area (Å²) in [6.45, 7) is 13.5. The van der Waals surface area contributed by atoms with Crippen LogP contribution in [-0.4, -0.2) is 79.3 Å². The number of para-hydroxylation sites is 1. The first-order chi connectivity index (χ1) is 21.1. The van der Waals surface area contributed by atoms with E-state index in [1.165, 1.54) is 35.1 Å². The van der Waals surface area contributed by atoms with Crippen LogP contribution in [0, 0.1) is 13.8 Å². The lowest BCUT2D eigenvalue weighted by atomic mass is 9.83. The van der Waals surface area contributed by atoms with Crippen molar-refractivity contribution in [3.8, 4) is 0 Å². The number of aryl methyl sites for hydroxylation is 2. The highest BCUT2D eigenvalue weighted by Crippen LogP contribution is 2.40. The molecule has 1 N–H and O–H groups in total. The van der Waals surface area contributed by atoms with Gasteiger partial charge >= 0.3 is 0 Å². The summed E-state index contributed by atoms with van der Waals surface area (Å²) in [4.78, 5) is 19.4. The van der Waals surface area contributed by atoms with Crippen LogP contribution < -0.4 is 5.32 Å². The molecule has 4 aromatic rings. The van der Waals surface area contributed by atoms with Crippen molar-refractivity contribution in [1.82, 2.24) is 19.7 Å². The Balaban J connectivity index is 1.41. The average molecular weight is 579 g/mol. The van der Waals surface area contributed by atoms with Crippen molar-refractivity contribution in [2.24, 2.45) is 0 Å². The monoisotopic (exact) mass is 578 g/mol. The minimum atomic E-state index is -0.0618. The second kappa shape index (κ2) is 13.9. The van der Waals surface area contributed by atoms with Gasteiger partial charge in [0.15, 0.2) is 0 Å². The van der Waals surface area contributed by atoms with Gasteiger partial charge in [-0.1, -0.05) is 77.9 Å². The number of rotatable bonds is 11. The van der Waals surface area contributed by atoms with Gasteiger partial charge in [0.1, 0.15) is 5.69 Å². The lowest BCUT2D eigenvalue weighted by Crippen LogP contribution is -2.38. The Bertz CT molecular complexity index is 1450. The zero-order valence-corrected chi connectivity index (χ0v) is 25.9. The van der Waals surface area contributed by atoms with Crippen LogP contribution in [0.1, 0.15) is 63.5 Å². The average Bonchev–Trinajstić information content (AvgIpc) is 3.67. The van der Waals surface area contributed by atoms with E-state index in [0.717, 1.165) is 87.6 Å². The van der Waals surface area contributed by atoms with Gasteiger partial charge in [-0.15, -0.1) is 0 Å². The zero-order chi connectivity index (χ0) is 29.6. The normalized spacial score (nSPS) is 16.3. The summed E-state index contributed by atoms with van der Waals surface area (Å²) in [5.74, 6) is -0.0351. The molecule has 6 nitrogen and oxygen atoms in total. The van der Waals surface area contributed by atoms with Gasteiger partial charge < -0.3 is 19.5 Å². The summed E-state index contributed by atoms with van der Waals surface area (Å²) in [6.07, 6.45) is 3.45. The number of ether oxygens (including phenoxy) is 1. The molecule has 2 aliphatic rings. The first-order valence-corrected chi connectivity index (χ1v) is 16.1. The molecule has 2 aliphatic heterocycles. The molecular formula is C37H46N4O2. The van der Waals surface area contributed by atoms with E-state index < -0.39 is 0 Å². The summed E-state index contributed by atoms with van der Waals surface area (Å²) < 4.78 is 7.82. The number of aromatic nitrogens is 1. The van der Waals surface area contributed by atoms with Crippen molar-refractivity contribution >= 4 is 16.8 Å². The van der Waals surface area contributed by atoms with E-state index in [0.29, 0.717) is 6.54 Å². The largest absolute Gasteiger partial charge is 0.379 e. The smallest absolute Gasteiger partial charge is 0.268 e. The summed E-state index contributed by atoms with van der Waals surface area (Å²) >= 11 is 0. The molecule has 0 atom stereocenters. The maximum Gasteiger partial charge on any atom is 0.268 e. The van der Waals surface area contributed by atoms with Gasteiger partial charge in [0.25, 0.3) is 5.91 Å². The molecule has 1 aromatic heterocycles. The number of nitrogens with one attached hydrogen (secondary N) is 1. The molecule has 2 saturated heterocycles. The van der Waals surface area contributed by atoms with Gasteiger partial charge in [-0.05, 0) is 69.9 Å². The molecule has 43 heavy (non-hydrogen) atoms. The van der Waals surface area contributed by atoms with Gasteiger partial charge in [0, 0.05) is 55.1 Å². The third-order valence-electron chi connectivity index (χ3n) is 9.21. The predicted octanol–water partition coefficient (Wildman–Crippen LogP) is 5.99. The van der Waals surface area contributed by atoms with E-state index in [-0.39, 0.29) is 11.8 Å². The maximum atomic E-state index is 14.4. The van der Waals surface area contributed by atoms with Crippen molar-refractivity contribution in [1.29, 1.82) is 0 Å². The van der Waals surface area contributed by atoms with Gasteiger partial charge in [-0.2, -0.15) is 0 Å². The van der Waals surface area contributed by atoms with Crippen LogP contribution >= 0.6 is 0 Å². The SMILES string of the molecule is Cc1ccc(C(c2ccc(C)cc2)c2c(C(=O)NCCCN3CCOCC3)n(CCN3CCCC3)c3ccccc23)cc1. The molecule has 0 bridgehead atoms. The molecule has 2 fully saturated rings. The van der Waals surface area contributed by atoms with Crippen LogP contribution in [0.4, 0.5) is 0 Å². The summed E-state index contributed by atoms with van der Waals surface area (Å²) in [6, 6.07) is 26.3. The number of likely N-dealkylation sites (tertiary alicyclic amines) is 1. The minimum Gasteiger partial charge on any atom is -0.379 e. The number of amides is 1. The predicted molar refractivity (Wildman–Crippen MR) is 175 cm³/mol. The molecule has 3 aromatic carbocycles. The number of nitrogens with zero attached hydrogens (tertiary/aromatic N) is 3. The summed E-state index contributed by atoms with van der Waals surface area (Å²) in [5.41, 5.74) is 7.93. The first-order valence-electron chi connectivity index (χ1n) is 16.1. The Kier molecular flexibility index (Phi) is 9.57. The van der Waals surface area contributed by atoms with Gasteiger partial charge in [0.05, 0.1) is 13.2 Å². The lowest BCUT2D eigenvalue weighted by molar-refractivity contribution is 0.0374. The van der Waals surface area contributed by atoms with Crippen molar-refractivity contribution in [3.05, 3.63) is 106 Å². The second-order valence-corrected chi connectivity index (χ2v) is 12.3. The molecule has 6 rings (SSSR count).